The molecule has 3 nitrogen and oxygen atoms in total. The first-order valence-electron chi connectivity index (χ1n) is 1.80. The van der Waals surface area contributed by atoms with Gasteiger partial charge in [-0.1, -0.05) is 0 Å². The molecule has 0 unspecified atom stereocenters. The van der Waals surface area contributed by atoms with Gasteiger partial charge in [0.15, 0.2) is 0 Å². The highest BCUT2D eigenvalue weighted by Crippen LogP contribution is 1.79. The lowest BCUT2D eigenvalue weighted by Gasteiger charge is -1.89. The van der Waals surface area contributed by atoms with Crippen LogP contribution in [0.25, 0.3) is 0 Å². The second kappa shape index (κ2) is 1.97. The number of hydrogen-bond donors (Lipinski definition) is 1. The van der Waals surface area contributed by atoms with E-state index in [9.17, 15) is 0 Å². The van der Waals surface area contributed by atoms with E-state index in [4.69, 9.17) is 0 Å². The minimum Gasteiger partial charge on any atom is -0.243 e. The van der Waals surface area contributed by atoms with Crippen LogP contribution >= 0.6 is 16.1 Å². The summed E-state index contributed by atoms with van der Waals surface area (Å²) in [7, 11) is 0. The first kappa shape index (κ1) is 4.64. The molecule has 0 saturated heterocycles. The second-order valence-corrected chi connectivity index (χ2v) is 1.39. The standard InChI is InChI=1S/C3H4BrN3/c4-6-7-3-1-2-5-7/h1-3,6H. The van der Waals surface area contributed by atoms with Gasteiger partial charge in [-0.25, -0.2) is 4.45 Å². The molecule has 0 saturated carbocycles. The number of aromatic nitrogens is 2. The zero-order valence-corrected chi connectivity index (χ0v) is 5.09. The molecule has 0 spiro atoms. The summed E-state index contributed by atoms with van der Waals surface area (Å²) in [5.74, 6) is 0. The Morgan fingerprint density at radius 2 is 2.57 bits per heavy atom. The molecule has 1 heterocycles. The van der Waals surface area contributed by atoms with E-state index in [1.165, 1.54) is 0 Å². The molecule has 0 aliphatic rings. The summed E-state index contributed by atoms with van der Waals surface area (Å²) < 4.78 is 2.62. The molecule has 1 aromatic heterocycles. The number of hydrogen-bond acceptors (Lipinski definition) is 2. The lowest BCUT2D eigenvalue weighted by Crippen LogP contribution is -2.01. The van der Waals surface area contributed by atoms with Crippen molar-refractivity contribution in [2.45, 2.75) is 0 Å². The van der Waals surface area contributed by atoms with Crippen LogP contribution in [-0.4, -0.2) is 9.89 Å². The van der Waals surface area contributed by atoms with Gasteiger partial charge in [-0.3, -0.25) is 0 Å². The van der Waals surface area contributed by atoms with Gasteiger partial charge in [0.2, 0.25) is 0 Å². The van der Waals surface area contributed by atoms with Crippen molar-refractivity contribution >= 4 is 16.1 Å². The van der Waals surface area contributed by atoms with Gasteiger partial charge < -0.3 is 0 Å². The van der Waals surface area contributed by atoms with E-state index >= 15 is 0 Å². The van der Waals surface area contributed by atoms with Crippen molar-refractivity contribution in [3.8, 4) is 0 Å². The summed E-state index contributed by atoms with van der Waals surface area (Å²) in [4.78, 5) is 1.54. The summed E-state index contributed by atoms with van der Waals surface area (Å²) in [6, 6.07) is 1.83. The van der Waals surface area contributed by atoms with Gasteiger partial charge in [-0.2, -0.15) is 9.89 Å². The van der Waals surface area contributed by atoms with Crippen molar-refractivity contribution in [3.05, 3.63) is 18.5 Å². The lowest BCUT2D eigenvalue weighted by atomic mass is 10.8. The first-order valence-corrected chi connectivity index (χ1v) is 2.59. The van der Waals surface area contributed by atoms with E-state index in [2.05, 4.69) is 25.7 Å². The molecule has 0 aromatic carbocycles. The van der Waals surface area contributed by atoms with E-state index in [0.717, 1.165) is 0 Å². The monoisotopic (exact) mass is 161 g/mol. The largest absolute Gasteiger partial charge is 0.243 e. The van der Waals surface area contributed by atoms with Gasteiger partial charge in [0.1, 0.15) is 0 Å². The van der Waals surface area contributed by atoms with Crippen molar-refractivity contribution in [1.82, 2.24) is 9.89 Å². The Kier molecular flexibility index (Phi) is 1.31. The minimum atomic E-state index is 1.54. The van der Waals surface area contributed by atoms with Crippen LogP contribution in [0, 0.1) is 0 Å². The van der Waals surface area contributed by atoms with E-state index in [-0.39, 0.29) is 0 Å². The number of rotatable bonds is 1. The van der Waals surface area contributed by atoms with Crippen molar-refractivity contribution in [1.29, 1.82) is 0 Å². The normalized spacial score (nSPS) is 8.71. The van der Waals surface area contributed by atoms with Crippen molar-refractivity contribution in [2.75, 3.05) is 4.45 Å². The number of nitrogens with zero attached hydrogens (tertiary/aromatic N) is 2. The van der Waals surface area contributed by atoms with Crippen LogP contribution in [0.4, 0.5) is 0 Å². The smallest absolute Gasteiger partial charge is 0.0656 e. The predicted octanol–water partition coefficient (Wildman–Crippen LogP) is 0.736. The number of nitrogens with one attached hydrogen (secondary N) is 1. The highest BCUT2D eigenvalue weighted by Gasteiger charge is 1.76. The highest BCUT2D eigenvalue weighted by molar-refractivity contribution is 9.10. The predicted molar refractivity (Wildman–Crippen MR) is 30.5 cm³/mol. The van der Waals surface area contributed by atoms with Crippen LogP contribution in [0.1, 0.15) is 0 Å². The highest BCUT2D eigenvalue weighted by atomic mass is 79.9. The van der Waals surface area contributed by atoms with Crippen LogP contribution in [0.5, 0.6) is 0 Å². The van der Waals surface area contributed by atoms with E-state index < -0.39 is 0 Å². The Morgan fingerprint density at radius 1 is 1.71 bits per heavy atom. The summed E-state index contributed by atoms with van der Waals surface area (Å²) in [5, 5.41) is 3.79. The summed E-state index contributed by atoms with van der Waals surface area (Å²) >= 11 is 2.99. The van der Waals surface area contributed by atoms with Gasteiger partial charge in [0, 0.05) is 6.20 Å². The van der Waals surface area contributed by atoms with Crippen molar-refractivity contribution in [3.63, 3.8) is 0 Å². The Morgan fingerprint density at radius 3 is 2.86 bits per heavy atom. The van der Waals surface area contributed by atoms with Crippen LogP contribution in [0.3, 0.4) is 0 Å². The minimum absolute atomic E-state index is 1.54. The maximum Gasteiger partial charge on any atom is 0.0656 e. The van der Waals surface area contributed by atoms with Crippen molar-refractivity contribution in [2.24, 2.45) is 0 Å². The fourth-order valence-corrected chi connectivity index (χ4v) is 0.529. The average Bonchev–Trinajstić information content (AvgIpc) is 2.14. The quantitative estimate of drug-likeness (QED) is 0.617. The third-order valence-electron chi connectivity index (χ3n) is 0.591. The maximum absolute atomic E-state index is 3.79. The second-order valence-electron chi connectivity index (χ2n) is 1.04. The van der Waals surface area contributed by atoms with Crippen LogP contribution in [0.15, 0.2) is 18.5 Å². The fourth-order valence-electron chi connectivity index (χ4n) is 0.319. The van der Waals surface area contributed by atoms with Crippen LogP contribution in [-0.2, 0) is 0 Å². The lowest BCUT2D eigenvalue weighted by molar-refractivity contribution is 0.838. The fraction of sp³-hybridized carbons (Fsp3) is 0. The Labute approximate surface area is 49.6 Å². The molecule has 1 rings (SSSR count). The van der Waals surface area contributed by atoms with Gasteiger partial charge in [0.05, 0.1) is 22.3 Å². The Balaban J connectivity index is 2.76. The molecular formula is C3H4BrN3. The van der Waals surface area contributed by atoms with E-state index in [1.54, 1.807) is 17.2 Å². The van der Waals surface area contributed by atoms with E-state index in [1.807, 2.05) is 6.07 Å². The number of halogens is 1. The molecule has 1 aromatic rings. The Hall–Kier alpha value is -0.510. The molecule has 0 fully saturated rings. The molecule has 0 radical (unpaired) electrons. The molecule has 38 valence electrons. The van der Waals surface area contributed by atoms with Gasteiger partial charge in [0.25, 0.3) is 0 Å². The third-order valence-corrected chi connectivity index (χ3v) is 0.954. The molecule has 0 atom stereocenters. The van der Waals surface area contributed by atoms with E-state index in [0.29, 0.717) is 0 Å². The zero-order chi connectivity index (χ0) is 5.11. The van der Waals surface area contributed by atoms with Gasteiger partial charge in [-0.15, -0.1) is 0 Å². The molecule has 7 heavy (non-hydrogen) atoms. The third kappa shape index (κ3) is 0.928. The van der Waals surface area contributed by atoms with Crippen molar-refractivity contribution < 1.29 is 0 Å². The molecule has 0 aliphatic carbocycles. The summed E-state index contributed by atoms with van der Waals surface area (Å²) in [5.41, 5.74) is 0. The maximum atomic E-state index is 3.79. The summed E-state index contributed by atoms with van der Waals surface area (Å²) in [6.45, 7) is 0. The Bertz CT molecular complexity index is 125. The average molecular weight is 162 g/mol. The summed E-state index contributed by atoms with van der Waals surface area (Å²) in [6.07, 6.45) is 3.48. The van der Waals surface area contributed by atoms with Crippen LogP contribution < -0.4 is 4.45 Å². The molecule has 0 aliphatic heterocycles. The zero-order valence-electron chi connectivity index (χ0n) is 3.50. The molecule has 0 amide bonds. The molecule has 1 N–H and O–H groups in total. The van der Waals surface area contributed by atoms with Gasteiger partial charge >= 0.3 is 0 Å². The van der Waals surface area contributed by atoms with Gasteiger partial charge in [-0.05, 0) is 6.07 Å². The topological polar surface area (TPSA) is 29.9 Å². The molecule has 0 bridgehead atoms. The molecular weight excluding hydrogens is 158 g/mol. The van der Waals surface area contributed by atoms with Crippen LogP contribution in [0.2, 0.25) is 0 Å². The first-order chi connectivity index (χ1) is 3.43. The molecule has 4 heteroatoms. The SMILES string of the molecule is BrNn1cccn1.